The number of benzene rings is 1. The van der Waals surface area contributed by atoms with Crippen LogP contribution < -0.4 is 10.1 Å². The lowest BCUT2D eigenvalue weighted by Crippen LogP contribution is -2.31. The summed E-state index contributed by atoms with van der Waals surface area (Å²) in [5.41, 5.74) is 1.01. The SMILES string of the molecule is CCC(CC)NCCOc1cc(C)ccc1F. The molecule has 3 heteroatoms. The van der Waals surface area contributed by atoms with Gasteiger partial charge < -0.3 is 10.1 Å². The maximum absolute atomic E-state index is 13.3. The van der Waals surface area contributed by atoms with Crippen LogP contribution in [0.2, 0.25) is 0 Å². The van der Waals surface area contributed by atoms with Crippen molar-refractivity contribution in [3.8, 4) is 5.75 Å². The molecule has 0 spiro atoms. The van der Waals surface area contributed by atoms with Gasteiger partial charge in [-0.15, -0.1) is 0 Å². The minimum Gasteiger partial charge on any atom is -0.489 e. The van der Waals surface area contributed by atoms with E-state index in [9.17, 15) is 4.39 Å². The van der Waals surface area contributed by atoms with E-state index in [2.05, 4.69) is 19.2 Å². The van der Waals surface area contributed by atoms with Crippen LogP contribution in [0.5, 0.6) is 5.75 Å². The van der Waals surface area contributed by atoms with Gasteiger partial charge in [-0.05, 0) is 37.5 Å². The smallest absolute Gasteiger partial charge is 0.165 e. The lowest BCUT2D eigenvalue weighted by atomic mass is 10.2. The Hall–Kier alpha value is -1.09. The molecule has 0 saturated heterocycles. The van der Waals surface area contributed by atoms with Crippen LogP contribution in [0.15, 0.2) is 18.2 Å². The Labute approximate surface area is 103 Å². The molecule has 0 aliphatic carbocycles. The monoisotopic (exact) mass is 239 g/mol. The van der Waals surface area contributed by atoms with Gasteiger partial charge in [-0.25, -0.2) is 4.39 Å². The van der Waals surface area contributed by atoms with Gasteiger partial charge >= 0.3 is 0 Å². The van der Waals surface area contributed by atoms with E-state index in [4.69, 9.17) is 4.74 Å². The first kappa shape index (κ1) is 14.0. The molecule has 0 fully saturated rings. The van der Waals surface area contributed by atoms with Crippen molar-refractivity contribution in [2.75, 3.05) is 13.2 Å². The molecule has 17 heavy (non-hydrogen) atoms. The fraction of sp³-hybridized carbons (Fsp3) is 0.571. The average molecular weight is 239 g/mol. The predicted octanol–water partition coefficient (Wildman–Crippen LogP) is 3.29. The highest BCUT2D eigenvalue weighted by molar-refractivity contribution is 5.29. The minimum atomic E-state index is -0.293. The highest BCUT2D eigenvalue weighted by Crippen LogP contribution is 2.17. The van der Waals surface area contributed by atoms with E-state index < -0.39 is 0 Å². The zero-order valence-electron chi connectivity index (χ0n) is 10.9. The lowest BCUT2D eigenvalue weighted by Gasteiger charge is -2.15. The molecule has 1 aromatic rings. The minimum absolute atomic E-state index is 0.293. The van der Waals surface area contributed by atoms with E-state index in [1.54, 1.807) is 12.1 Å². The third kappa shape index (κ3) is 4.73. The second-order valence-corrected chi connectivity index (χ2v) is 4.25. The maximum Gasteiger partial charge on any atom is 0.165 e. The first-order valence-corrected chi connectivity index (χ1v) is 6.29. The molecule has 0 aliphatic heterocycles. The third-order valence-electron chi connectivity index (χ3n) is 2.86. The summed E-state index contributed by atoms with van der Waals surface area (Å²) in [6, 6.07) is 5.44. The van der Waals surface area contributed by atoms with Gasteiger partial charge in [0.05, 0.1) is 0 Å². The number of aryl methyl sites for hydroxylation is 1. The van der Waals surface area contributed by atoms with Gasteiger partial charge in [0.2, 0.25) is 0 Å². The number of hydrogen-bond donors (Lipinski definition) is 1. The molecule has 0 unspecified atom stereocenters. The molecular weight excluding hydrogens is 217 g/mol. The van der Waals surface area contributed by atoms with Crippen LogP contribution in [0, 0.1) is 12.7 Å². The largest absolute Gasteiger partial charge is 0.489 e. The molecule has 0 aromatic heterocycles. The van der Waals surface area contributed by atoms with E-state index in [-0.39, 0.29) is 5.82 Å². The standard InChI is InChI=1S/C14H22FNO/c1-4-12(5-2)16-8-9-17-14-10-11(3)6-7-13(14)15/h6-7,10,12,16H,4-5,8-9H2,1-3H3. The Balaban J connectivity index is 2.33. The van der Waals surface area contributed by atoms with Crippen LogP contribution in [0.4, 0.5) is 4.39 Å². The molecule has 1 rings (SSSR count). The van der Waals surface area contributed by atoms with E-state index in [1.807, 2.05) is 6.92 Å². The van der Waals surface area contributed by atoms with Crippen LogP contribution in [-0.2, 0) is 0 Å². The van der Waals surface area contributed by atoms with Crippen molar-refractivity contribution in [1.82, 2.24) is 5.32 Å². The quantitative estimate of drug-likeness (QED) is 0.737. The molecule has 96 valence electrons. The van der Waals surface area contributed by atoms with Crippen LogP contribution in [0.1, 0.15) is 32.3 Å². The van der Waals surface area contributed by atoms with Crippen LogP contribution in [0.25, 0.3) is 0 Å². The van der Waals surface area contributed by atoms with Crippen LogP contribution >= 0.6 is 0 Å². The predicted molar refractivity (Wildman–Crippen MR) is 69.0 cm³/mol. The summed E-state index contributed by atoms with van der Waals surface area (Å²) in [7, 11) is 0. The Morgan fingerprint density at radius 3 is 2.65 bits per heavy atom. The number of halogens is 1. The van der Waals surface area contributed by atoms with Gasteiger partial charge in [0.1, 0.15) is 6.61 Å². The normalized spacial score (nSPS) is 10.9. The van der Waals surface area contributed by atoms with E-state index in [0.29, 0.717) is 18.4 Å². The molecule has 0 atom stereocenters. The Morgan fingerprint density at radius 2 is 2.00 bits per heavy atom. The average Bonchev–Trinajstić information content (AvgIpc) is 2.33. The topological polar surface area (TPSA) is 21.3 Å². The summed E-state index contributed by atoms with van der Waals surface area (Å²) in [6.45, 7) is 7.48. The maximum atomic E-state index is 13.3. The second kappa shape index (κ2) is 7.28. The number of ether oxygens (including phenoxy) is 1. The zero-order chi connectivity index (χ0) is 12.7. The Bertz CT molecular complexity index is 337. The third-order valence-corrected chi connectivity index (χ3v) is 2.86. The van der Waals surface area contributed by atoms with Crippen molar-refractivity contribution in [3.63, 3.8) is 0 Å². The summed E-state index contributed by atoms with van der Waals surface area (Å²) in [4.78, 5) is 0. The van der Waals surface area contributed by atoms with Gasteiger partial charge in [-0.1, -0.05) is 19.9 Å². The lowest BCUT2D eigenvalue weighted by molar-refractivity contribution is 0.289. The van der Waals surface area contributed by atoms with Crippen molar-refractivity contribution in [2.45, 2.75) is 39.7 Å². The van der Waals surface area contributed by atoms with Gasteiger partial charge in [-0.3, -0.25) is 0 Å². The van der Waals surface area contributed by atoms with Crippen LogP contribution in [-0.4, -0.2) is 19.2 Å². The highest BCUT2D eigenvalue weighted by Gasteiger charge is 2.04. The van der Waals surface area contributed by atoms with E-state index in [0.717, 1.165) is 24.9 Å². The summed E-state index contributed by atoms with van der Waals surface area (Å²) in [5, 5.41) is 3.38. The molecule has 1 aromatic carbocycles. The van der Waals surface area contributed by atoms with Crippen molar-refractivity contribution in [1.29, 1.82) is 0 Å². The van der Waals surface area contributed by atoms with E-state index in [1.165, 1.54) is 6.07 Å². The fourth-order valence-corrected chi connectivity index (χ4v) is 1.72. The van der Waals surface area contributed by atoms with Crippen molar-refractivity contribution in [3.05, 3.63) is 29.6 Å². The Kier molecular flexibility index (Phi) is 5.98. The molecule has 0 aliphatic rings. The zero-order valence-corrected chi connectivity index (χ0v) is 10.9. The molecule has 1 N–H and O–H groups in total. The number of nitrogens with one attached hydrogen (secondary N) is 1. The first-order chi connectivity index (χ1) is 8.17. The Morgan fingerprint density at radius 1 is 1.29 bits per heavy atom. The molecule has 0 saturated carbocycles. The van der Waals surface area contributed by atoms with Crippen molar-refractivity contribution < 1.29 is 9.13 Å². The van der Waals surface area contributed by atoms with Gasteiger partial charge in [-0.2, -0.15) is 0 Å². The van der Waals surface area contributed by atoms with Gasteiger partial charge in [0.15, 0.2) is 11.6 Å². The summed E-state index contributed by atoms with van der Waals surface area (Å²) in [6.07, 6.45) is 2.21. The number of rotatable bonds is 7. The fourth-order valence-electron chi connectivity index (χ4n) is 1.72. The molecular formula is C14H22FNO. The molecule has 0 amide bonds. The molecule has 0 heterocycles. The first-order valence-electron chi connectivity index (χ1n) is 6.29. The molecule has 0 bridgehead atoms. The second-order valence-electron chi connectivity index (χ2n) is 4.25. The summed E-state index contributed by atoms with van der Waals surface area (Å²) < 4.78 is 18.8. The van der Waals surface area contributed by atoms with Gasteiger partial charge in [0, 0.05) is 12.6 Å². The van der Waals surface area contributed by atoms with Crippen LogP contribution in [0.3, 0.4) is 0 Å². The summed E-state index contributed by atoms with van der Waals surface area (Å²) in [5.74, 6) is 0.0504. The highest BCUT2D eigenvalue weighted by atomic mass is 19.1. The summed E-state index contributed by atoms with van der Waals surface area (Å²) >= 11 is 0. The van der Waals surface area contributed by atoms with Gasteiger partial charge in [0.25, 0.3) is 0 Å². The molecule has 2 nitrogen and oxygen atoms in total. The molecule has 0 radical (unpaired) electrons. The van der Waals surface area contributed by atoms with Crippen molar-refractivity contribution in [2.24, 2.45) is 0 Å². The van der Waals surface area contributed by atoms with E-state index >= 15 is 0 Å². The number of hydrogen-bond acceptors (Lipinski definition) is 2. The van der Waals surface area contributed by atoms with Crippen molar-refractivity contribution >= 4 is 0 Å².